The van der Waals surface area contributed by atoms with Crippen LogP contribution in [0, 0.1) is 0 Å². The third-order valence-corrected chi connectivity index (χ3v) is 22.8. The van der Waals surface area contributed by atoms with Crippen molar-refractivity contribution in [3.63, 3.8) is 0 Å². The van der Waals surface area contributed by atoms with E-state index >= 15 is 0 Å². The molecule has 0 unspecified atom stereocenters. The van der Waals surface area contributed by atoms with Gasteiger partial charge < -0.3 is 9.11 Å². The van der Waals surface area contributed by atoms with Crippen LogP contribution in [0.5, 0.6) is 0 Å². The zero-order valence-corrected chi connectivity index (χ0v) is 70.1. The second kappa shape index (κ2) is 63.3. The van der Waals surface area contributed by atoms with Gasteiger partial charge in [-0.05, 0) is 119 Å². The van der Waals surface area contributed by atoms with E-state index in [0.29, 0.717) is 10.8 Å². The second-order valence-electron chi connectivity index (χ2n) is 29.9. The van der Waals surface area contributed by atoms with E-state index in [1.807, 2.05) is 24.3 Å². The number of rotatable bonds is 66. The zero-order chi connectivity index (χ0) is 69.1. The standard InChI is InChI=1S/2C44H76O3S.Ba/c2*1-3-5-7-9-11-13-15-17-19-21-23-25-27-29-31-34-40-38-41(42-36-33-37-44(43(42)39-40)48(45,46)47)35-32-30-28-26-24-22-20-18-16-14-12-10-8-6-4-2;/h2*33,36-39H,3-32,34-35H2,1-2H3,(H,45,46,47);/q;;+2/p-2. The minimum absolute atomic E-state index is 0. The first-order valence-electron chi connectivity index (χ1n) is 41.9. The Morgan fingerprint density at radius 1 is 0.227 bits per heavy atom. The Morgan fingerprint density at radius 2 is 0.402 bits per heavy atom. The summed E-state index contributed by atoms with van der Waals surface area (Å²) in [4.78, 5) is -0.118. The van der Waals surface area contributed by atoms with Crippen molar-refractivity contribution in [2.75, 3.05) is 0 Å². The van der Waals surface area contributed by atoms with Gasteiger partial charge >= 0.3 is 48.9 Å². The van der Waals surface area contributed by atoms with Gasteiger partial charge in [0, 0.05) is 0 Å². The molecule has 0 aliphatic rings. The van der Waals surface area contributed by atoms with Gasteiger partial charge in [0.15, 0.2) is 0 Å². The van der Waals surface area contributed by atoms with E-state index in [9.17, 15) is 25.9 Å². The van der Waals surface area contributed by atoms with Crippen LogP contribution >= 0.6 is 0 Å². The number of benzene rings is 4. The number of aryl methyl sites for hydroxylation is 4. The summed E-state index contributed by atoms with van der Waals surface area (Å²) >= 11 is 0. The molecule has 0 fully saturated rings. The van der Waals surface area contributed by atoms with Crippen molar-refractivity contribution in [3.8, 4) is 0 Å². The van der Waals surface area contributed by atoms with Gasteiger partial charge in [0.1, 0.15) is 20.2 Å². The summed E-state index contributed by atoms with van der Waals surface area (Å²) < 4.78 is 72.8. The molecule has 0 aliphatic carbocycles. The number of fused-ring (bicyclic) bond motifs is 2. The first-order valence-corrected chi connectivity index (χ1v) is 44.8. The maximum absolute atomic E-state index is 12.1. The Morgan fingerprint density at radius 3 is 0.588 bits per heavy atom. The van der Waals surface area contributed by atoms with Crippen LogP contribution in [0.2, 0.25) is 0 Å². The quantitative estimate of drug-likeness (QED) is 0.0247. The molecule has 0 saturated carbocycles. The molecule has 4 rings (SSSR count). The van der Waals surface area contributed by atoms with Crippen molar-refractivity contribution < 1.29 is 25.9 Å². The van der Waals surface area contributed by atoms with Crippen molar-refractivity contribution >= 4 is 90.7 Å². The van der Waals surface area contributed by atoms with Crippen LogP contribution in [0.15, 0.2) is 70.5 Å². The van der Waals surface area contributed by atoms with Gasteiger partial charge in [0.2, 0.25) is 0 Å². The van der Waals surface area contributed by atoms with Crippen LogP contribution in [0.3, 0.4) is 0 Å². The van der Waals surface area contributed by atoms with Gasteiger partial charge in [0.05, 0.1) is 9.79 Å². The van der Waals surface area contributed by atoms with Crippen molar-refractivity contribution in [2.24, 2.45) is 0 Å². The third kappa shape index (κ3) is 47.7. The average molecular weight is 1510 g/mol. The molecular weight excluding hydrogens is 1350 g/mol. The van der Waals surface area contributed by atoms with Gasteiger partial charge in [-0.25, -0.2) is 16.8 Å². The van der Waals surface area contributed by atoms with E-state index in [2.05, 4.69) is 39.8 Å². The van der Waals surface area contributed by atoms with E-state index in [4.69, 9.17) is 0 Å². The van der Waals surface area contributed by atoms with Crippen LogP contribution in [0.25, 0.3) is 21.5 Å². The van der Waals surface area contributed by atoms with E-state index in [-0.39, 0.29) is 58.7 Å². The van der Waals surface area contributed by atoms with Crippen molar-refractivity contribution in [2.45, 2.75) is 448 Å². The molecule has 6 nitrogen and oxygen atoms in total. The second-order valence-corrected chi connectivity index (χ2v) is 32.6. The van der Waals surface area contributed by atoms with E-state index in [0.717, 1.165) is 62.1 Å². The summed E-state index contributed by atoms with van der Waals surface area (Å²) in [6.45, 7) is 9.13. The summed E-state index contributed by atoms with van der Waals surface area (Å²) in [5, 5.41) is 3.14. The number of hydrogen-bond acceptors (Lipinski definition) is 6. The fourth-order valence-electron chi connectivity index (χ4n) is 14.9. The minimum Gasteiger partial charge on any atom is -0.744 e. The molecule has 0 atom stereocenters. The molecule has 0 spiro atoms. The van der Waals surface area contributed by atoms with Gasteiger partial charge in [-0.2, -0.15) is 0 Å². The van der Waals surface area contributed by atoms with Crippen LogP contribution < -0.4 is 0 Å². The average Bonchev–Trinajstić information content (AvgIpc) is 0.791. The molecule has 4 aromatic rings. The van der Waals surface area contributed by atoms with Crippen molar-refractivity contribution in [3.05, 3.63) is 82.9 Å². The first-order chi connectivity index (χ1) is 46.9. The summed E-state index contributed by atoms with van der Waals surface area (Å²) in [6, 6.07) is 19.0. The number of hydrogen-bond donors (Lipinski definition) is 0. The molecule has 0 aliphatic heterocycles. The number of unbranched alkanes of at least 4 members (excludes halogenated alkanes) is 56. The predicted octanol–water partition coefficient (Wildman–Crippen LogP) is 28.8. The molecule has 0 radical (unpaired) electrons. The Hall–Kier alpha value is -1.21. The topological polar surface area (TPSA) is 114 Å². The van der Waals surface area contributed by atoms with E-state index < -0.39 is 20.2 Å². The van der Waals surface area contributed by atoms with Gasteiger partial charge in [-0.15, -0.1) is 0 Å². The maximum Gasteiger partial charge on any atom is 2.00 e. The van der Waals surface area contributed by atoms with Crippen LogP contribution in [-0.2, 0) is 45.9 Å². The Bertz CT molecular complexity index is 2500. The Balaban J connectivity index is 0.000000653. The van der Waals surface area contributed by atoms with Crippen LogP contribution in [0.4, 0.5) is 0 Å². The molecule has 0 heterocycles. The molecule has 0 saturated heterocycles. The Labute approximate surface area is 642 Å². The van der Waals surface area contributed by atoms with Gasteiger partial charge in [-0.1, -0.05) is 424 Å². The molecule has 0 aromatic heterocycles. The molecule has 0 amide bonds. The SMILES string of the molecule is CCCCCCCCCCCCCCCCCc1cc(CCCCCCCCCCCCCCCCC)c2cccc(S(=O)(=O)[O-])c2c1.CCCCCCCCCCCCCCCCCc1cc(CCCCCCCCCCCCCCCCC)c2cccc(S(=O)(=O)[O-])c2c1.[Ba+2]. The van der Waals surface area contributed by atoms with Gasteiger partial charge in [0.25, 0.3) is 0 Å². The molecule has 9 heteroatoms. The summed E-state index contributed by atoms with van der Waals surface area (Å²) in [6.07, 6.45) is 84.8. The van der Waals surface area contributed by atoms with Crippen molar-refractivity contribution in [1.29, 1.82) is 0 Å². The molecule has 4 aromatic carbocycles. The maximum atomic E-state index is 12.1. The molecule has 0 N–H and O–H groups in total. The summed E-state index contributed by atoms with van der Waals surface area (Å²) in [7, 11) is -9.03. The van der Waals surface area contributed by atoms with E-state index in [1.165, 1.54) is 394 Å². The monoisotopic (exact) mass is 1500 g/mol. The zero-order valence-electron chi connectivity index (χ0n) is 64.0. The van der Waals surface area contributed by atoms with Gasteiger partial charge in [-0.3, -0.25) is 0 Å². The largest absolute Gasteiger partial charge is 2.00 e. The minimum atomic E-state index is -4.51. The molecule has 97 heavy (non-hydrogen) atoms. The molecular formula is C88H150BaO6S2. The van der Waals surface area contributed by atoms with Crippen LogP contribution in [0.1, 0.15) is 435 Å². The smallest absolute Gasteiger partial charge is 0.744 e. The molecule has 0 bridgehead atoms. The summed E-state index contributed by atoms with van der Waals surface area (Å²) in [5.74, 6) is 0. The predicted molar refractivity (Wildman–Crippen MR) is 424 cm³/mol. The molecule has 552 valence electrons. The fourth-order valence-corrected chi connectivity index (χ4v) is 16.3. The summed E-state index contributed by atoms with van der Waals surface area (Å²) in [5.41, 5.74) is 4.79. The normalized spacial score (nSPS) is 11.9. The van der Waals surface area contributed by atoms with Crippen molar-refractivity contribution in [1.82, 2.24) is 0 Å². The first kappa shape index (κ1) is 91.9. The fraction of sp³-hybridized carbons (Fsp3) is 0.773. The third-order valence-electron chi connectivity index (χ3n) is 21.0. The van der Waals surface area contributed by atoms with E-state index in [1.54, 1.807) is 12.1 Å². The Kier molecular flexibility index (Phi) is 59.9. The van der Waals surface area contributed by atoms with Crippen LogP contribution in [-0.4, -0.2) is 74.8 Å².